The minimum absolute atomic E-state index is 0. The maximum atomic E-state index is 13.8. The summed E-state index contributed by atoms with van der Waals surface area (Å²) < 4.78 is 28.4. The monoisotopic (exact) mass is 609 g/mol. The van der Waals surface area contributed by atoms with Crippen LogP contribution in [0, 0.1) is 6.92 Å². The molecule has 11 heteroatoms. The fourth-order valence-corrected chi connectivity index (χ4v) is 6.07. The first-order valence-electron chi connectivity index (χ1n) is 13.6. The number of carbonyl (C=O) groups excluding carboxylic acids is 2. The second kappa shape index (κ2) is 12.2. The molecule has 0 unspecified atom stereocenters. The Balaban J connectivity index is 0.00000405. The molecule has 1 aromatic heterocycles. The maximum absolute atomic E-state index is 13.8. The first-order valence-corrected chi connectivity index (χ1v) is 15.0. The molecule has 222 valence electrons. The molecule has 0 saturated carbocycles. The number of sulfonamides is 1. The fraction of sp³-hybridized carbons (Fsp3) is 0.290. The highest BCUT2D eigenvalue weighted by Gasteiger charge is 2.32. The second-order valence-corrected chi connectivity index (χ2v) is 12.9. The molecule has 0 fully saturated rings. The number of hydrogen-bond acceptors (Lipinski definition) is 5. The molecule has 4 aromatic rings. The van der Waals surface area contributed by atoms with Gasteiger partial charge >= 0.3 is 0 Å². The molecule has 0 bridgehead atoms. The van der Waals surface area contributed by atoms with E-state index in [2.05, 4.69) is 15.0 Å². The number of benzene rings is 3. The van der Waals surface area contributed by atoms with Crippen molar-refractivity contribution < 1.29 is 18.0 Å². The molecule has 5 N–H and O–H groups in total. The van der Waals surface area contributed by atoms with Gasteiger partial charge in [0.2, 0.25) is 11.8 Å². The van der Waals surface area contributed by atoms with Crippen LogP contribution in [0.3, 0.4) is 0 Å². The normalized spacial score (nSPS) is 14.0. The van der Waals surface area contributed by atoms with Crippen molar-refractivity contribution in [3.63, 3.8) is 0 Å². The van der Waals surface area contributed by atoms with Gasteiger partial charge in [0.15, 0.2) is 0 Å². The van der Waals surface area contributed by atoms with Crippen molar-refractivity contribution in [1.82, 2.24) is 15.2 Å². The number of nitrogens with one attached hydrogen (secondary N) is 3. The number of aryl methyl sites for hydroxylation is 1. The molecular weight excluding hydrogens is 574 g/mol. The van der Waals surface area contributed by atoms with Crippen LogP contribution in [0.5, 0.6) is 0 Å². The van der Waals surface area contributed by atoms with Crippen molar-refractivity contribution in [2.75, 3.05) is 11.3 Å². The Morgan fingerprint density at radius 1 is 1.05 bits per heavy atom. The summed E-state index contributed by atoms with van der Waals surface area (Å²) in [6.07, 6.45) is 2.74. The van der Waals surface area contributed by atoms with Crippen molar-refractivity contribution in [2.45, 2.75) is 56.6 Å². The van der Waals surface area contributed by atoms with E-state index >= 15 is 0 Å². The van der Waals surface area contributed by atoms with E-state index in [1.54, 1.807) is 49.1 Å². The summed E-state index contributed by atoms with van der Waals surface area (Å²) in [5.74, 6) is -0.596. The smallest absolute Gasteiger partial charge is 0.261 e. The number of fused-ring (bicyclic) bond motifs is 2. The predicted octanol–water partition coefficient (Wildman–Crippen LogP) is 4.05. The van der Waals surface area contributed by atoms with Gasteiger partial charge in [-0.2, -0.15) is 0 Å². The lowest BCUT2D eigenvalue weighted by Crippen LogP contribution is -2.57. The van der Waals surface area contributed by atoms with Crippen LogP contribution in [-0.2, 0) is 39.0 Å². The number of rotatable bonds is 8. The molecular formula is C31H36ClN5O4S. The Kier molecular flexibility index (Phi) is 9.01. The van der Waals surface area contributed by atoms with Crippen LogP contribution >= 0.6 is 12.4 Å². The number of anilines is 1. The minimum Gasteiger partial charge on any atom is -0.361 e. The standard InChI is InChI=1S/C31H35N5O4S.ClH/c1-20-8-12-25(13-9-20)41(39,40)35-24-11-10-22-19-36(15-14-21(22)16-24)29(37)28(34-30(38)31(2,3)32)17-23-18-33-27-7-5-4-6-26(23)27;/h4-13,16,18,28,33,35H,14-15,17,19,32H2,1-3H3,(H,34,38);1H/t28-;/m1./s1. The highest BCUT2D eigenvalue weighted by Crippen LogP contribution is 2.26. The first-order chi connectivity index (χ1) is 19.4. The molecule has 5 rings (SSSR count). The van der Waals surface area contributed by atoms with Gasteiger partial charge in [-0.05, 0) is 74.2 Å². The topological polar surface area (TPSA) is 137 Å². The van der Waals surface area contributed by atoms with Gasteiger partial charge in [0.05, 0.1) is 10.4 Å². The Labute approximate surface area is 252 Å². The average Bonchev–Trinajstić information content (AvgIpc) is 3.34. The number of amides is 2. The number of carbonyl (C=O) groups is 2. The fourth-order valence-electron chi connectivity index (χ4n) is 5.02. The van der Waals surface area contributed by atoms with Crippen LogP contribution in [0.1, 0.15) is 36.1 Å². The molecule has 1 atom stereocenters. The van der Waals surface area contributed by atoms with Gasteiger partial charge in [-0.25, -0.2) is 8.42 Å². The Morgan fingerprint density at radius 2 is 1.76 bits per heavy atom. The molecule has 1 aliphatic rings. The number of nitrogens with zero attached hydrogens (tertiary/aromatic N) is 1. The number of halogens is 1. The largest absolute Gasteiger partial charge is 0.361 e. The first kappa shape index (κ1) is 31.1. The average molecular weight is 610 g/mol. The van der Waals surface area contributed by atoms with Crippen molar-refractivity contribution in [3.8, 4) is 0 Å². The zero-order chi connectivity index (χ0) is 29.4. The van der Waals surface area contributed by atoms with Crippen LogP contribution in [0.4, 0.5) is 5.69 Å². The van der Waals surface area contributed by atoms with Crippen LogP contribution in [0.15, 0.2) is 77.8 Å². The van der Waals surface area contributed by atoms with Crippen LogP contribution < -0.4 is 15.8 Å². The van der Waals surface area contributed by atoms with Crippen LogP contribution in [-0.4, -0.2) is 48.2 Å². The van der Waals surface area contributed by atoms with Crippen LogP contribution in [0.2, 0.25) is 0 Å². The van der Waals surface area contributed by atoms with E-state index in [9.17, 15) is 18.0 Å². The van der Waals surface area contributed by atoms with Gasteiger partial charge in [-0.3, -0.25) is 14.3 Å². The summed E-state index contributed by atoms with van der Waals surface area (Å²) in [6.45, 7) is 5.91. The lowest BCUT2D eigenvalue weighted by molar-refractivity contribution is -0.138. The summed E-state index contributed by atoms with van der Waals surface area (Å²) in [7, 11) is -3.72. The number of aromatic amines is 1. The highest BCUT2D eigenvalue weighted by molar-refractivity contribution is 7.92. The third-order valence-electron chi connectivity index (χ3n) is 7.40. The van der Waals surface area contributed by atoms with E-state index in [0.717, 1.165) is 33.2 Å². The second-order valence-electron chi connectivity index (χ2n) is 11.2. The highest BCUT2D eigenvalue weighted by atomic mass is 35.5. The van der Waals surface area contributed by atoms with Crippen molar-refractivity contribution in [2.24, 2.45) is 5.73 Å². The molecule has 0 aliphatic carbocycles. The number of H-pyrrole nitrogens is 1. The Bertz CT molecular complexity index is 1710. The van der Waals surface area contributed by atoms with Crippen molar-refractivity contribution in [1.29, 1.82) is 0 Å². The van der Waals surface area contributed by atoms with E-state index < -0.39 is 27.5 Å². The summed E-state index contributed by atoms with van der Waals surface area (Å²) >= 11 is 0. The van der Waals surface area contributed by atoms with E-state index in [1.165, 1.54) is 0 Å². The lowest BCUT2D eigenvalue weighted by Gasteiger charge is -2.33. The number of aromatic nitrogens is 1. The Hall–Kier alpha value is -3.86. The number of nitrogens with two attached hydrogens (primary N) is 1. The zero-order valence-electron chi connectivity index (χ0n) is 23.8. The third kappa shape index (κ3) is 6.78. The summed E-state index contributed by atoms with van der Waals surface area (Å²) in [6, 6.07) is 19.1. The number of para-hydroxylation sites is 1. The molecule has 0 saturated heterocycles. The number of hydrogen-bond donors (Lipinski definition) is 4. The van der Waals surface area contributed by atoms with Crippen molar-refractivity contribution >= 4 is 50.8 Å². The van der Waals surface area contributed by atoms with E-state index in [-0.39, 0.29) is 23.2 Å². The lowest BCUT2D eigenvalue weighted by atomic mass is 9.97. The molecule has 0 spiro atoms. The van der Waals surface area contributed by atoms with Crippen molar-refractivity contribution in [3.05, 3.63) is 95.2 Å². The van der Waals surface area contributed by atoms with Gasteiger partial charge in [-0.15, -0.1) is 12.4 Å². The molecule has 42 heavy (non-hydrogen) atoms. The van der Waals surface area contributed by atoms with Gasteiger partial charge in [0.25, 0.3) is 10.0 Å². The summed E-state index contributed by atoms with van der Waals surface area (Å²) in [5.41, 5.74) is 10.1. The minimum atomic E-state index is -3.72. The SMILES string of the molecule is Cc1ccc(S(=O)(=O)Nc2ccc3c(c2)CCN(C(=O)[C@@H](Cc2c[nH]c4ccccc24)NC(=O)C(C)(C)N)C3)cc1.Cl. The molecule has 0 radical (unpaired) electrons. The molecule has 3 aromatic carbocycles. The van der Waals surface area contributed by atoms with Gasteiger partial charge in [0.1, 0.15) is 6.04 Å². The van der Waals surface area contributed by atoms with E-state index in [0.29, 0.717) is 31.6 Å². The van der Waals surface area contributed by atoms with Gasteiger partial charge < -0.3 is 20.9 Å². The van der Waals surface area contributed by atoms with Gasteiger partial charge in [0, 0.05) is 42.3 Å². The molecule has 1 aliphatic heterocycles. The van der Waals surface area contributed by atoms with E-state index in [1.807, 2.05) is 49.5 Å². The van der Waals surface area contributed by atoms with E-state index in [4.69, 9.17) is 5.73 Å². The van der Waals surface area contributed by atoms with Crippen LogP contribution in [0.25, 0.3) is 10.9 Å². The van der Waals surface area contributed by atoms with Gasteiger partial charge in [-0.1, -0.05) is 42.0 Å². The predicted molar refractivity (Wildman–Crippen MR) is 167 cm³/mol. The zero-order valence-corrected chi connectivity index (χ0v) is 25.4. The molecule has 2 amide bonds. The third-order valence-corrected chi connectivity index (χ3v) is 8.80. The summed E-state index contributed by atoms with van der Waals surface area (Å²) in [4.78, 5) is 31.9. The summed E-state index contributed by atoms with van der Waals surface area (Å²) in [5, 5.41) is 3.89. The Morgan fingerprint density at radius 3 is 2.48 bits per heavy atom. The molecule has 2 heterocycles. The maximum Gasteiger partial charge on any atom is 0.261 e. The molecule has 9 nitrogen and oxygen atoms in total. The quantitative estimate of drug-likeness (QED) is 0.239.